The van der Waals surface area contributed by atoms with Crippen molar-refractivity contribution < 1.29 is 33.3 Å². The largest absolute Gasteiger partial charge is 0.434 e. The van der Waals surface area contributed by atoms with Crippen molar-refractivity contribution in [3.05, 3.63) is 69.2 Å². The molecule has 1 aliphatic carbocycles. The van der Waals surface area contributed by atoms with Gasteiger partial charge >= 0.3 is 5.97 Å². The van der Waals surface area contributed by atoms with Gasteiger partial charge in [0.2, 0.25) is 5.91 Å². The third-order valence-corrected chi connectivity index (χ3v) is 8.16. The third-order valence-electron chi connectivity index (χ3n) is 7.63. The highest BCUT2D eigenvalue weighted by atomic mass is 35.5. The molecule has 2 unspecified atom stereocenters. The molecule has 2 aliphatic rings. The molecule has 0 bridgehead atoms. The molecule has 1 amide bonds. The van der Waals surface area contributed by atoms with Gasteiger partial charge < -0.3 is 26.0 Å². The van der Waals surface area contributed by atoms with Crippen molar-refractivity contribution in [1.82, 2.24) is 5.32 Å². The Morgan fingerprint density at radius 3 is 2.51 bits per heavy atom. The van der Waals surface area contributed by atoms with Crippen molar-refractivity contribution in [2.45, 2.75) is 61.8 Å². The summed E-state index contributed by atoms with van der Waals surface area (Å²) in [7, 11) is 0. The molecule has 0 spiro atoms. The van der Waals surface area contributed by atoms with Crippen LogP contribution in [0, 0.1) is 28.4 Å². The number of nitrogens with one attached hydrogen (secondary N) is 1. The van der Waals surface area contributed by atoms with Gasteiger partial charge in [0.25, 0.3) is 5.60 Å². The van der Waals surface area contributed by atoms with Gasteiger partial charge in [0.15, 0.2) is 5.60 Å². The normalized spacial score (nSPS) is 22.8. The number of esters is 1. The second-order valence-electron chi connectivity index (χ2n) is 10.3. The molecule has 0 aromatic heterocycles. The van der Waals surface area contributed by atoms with Crippen molar-refractivity contribution >= 4 is 35.1 Å². The zero-order chi connectivity index (χ0) is 28.6. The van der Waals surface area contributed by atoms with E-state index in [-0.39, 0.29) is 29.5 Å². The van der Waals surface area contributed by atoms with Crippen molar-refractivity contribution in [2.24, 2.45) is 11.1 Å². The average molecular weight is 582 g/mol. The lowest BCUT2D eigenvalue weighted by molar-refractivity contribution is -0.193. The van der Waals surface area contributed by atoms with Crippen molar-refractivity contribution in [1.29, 1.82) is 5.26 Å². The molecule has 39 heavy (non-hydrogen) atoms. The van der Waals surface area contributed by atoms with Gasteiger partial charge in [-0.05, 0) is 61.8 Å². The molecule has 0 radical (unpaired) electrons. The number of hydrogen-bond donors (Lipinski definition) is 4. The van der Waals surface area contributed by atoms with E-state index in [0.717, 1.165) is 37.1 Å². The zero-order valence-corrected chi connectivity index (χ0v) is 22.2. The number of nitrogens with two attached hydrogens (primary N) is 1. The number of amides is 1. The quantitative estimate of drug-likeness (QED) is 0.314. The van der Waals surface area contributed by atoms with Crippen LogP contribution in [0.1, 0.15) is 49.7 Å². The van der Waals surface area contributed by atoms with E-state index < -0.39 is 63.3 Å². The Hall–Kier alpha value is -2.81. The third kappa shape index (κ3) is 5.47. The SMILES string of the molecule is N#C[C@@](OC(=O)C1CCC(CC2(CO)CC2)N1)(c1ccc(Cl)cc1F)[C@](O)(CC(N)=O)c1cccc(Cl)c1F. The van der Waals surface area contributed by atoms with Gasteiger partial charge in [0, 0.05) is 28.8 Å². The van der Waals surface area contributed by atoms with Crippen LogP contribution in [0.3, 0.4) is 0 Å². The van der Waals surface area contributed by atoms with Gasteiger partial charge in [0.1, 0.15) is 23.7 Å². The summed E-state index contributed by atoms with van der Waals surface area (Å²) >= 11 is 11.8. The van der Waals surface area contributed by atoms with Crippen LogP contribution in [0.5, 0.6) is 0 Å². The molecule has 2 aromatic rings. The lowest BCUT2D eigenvalue weighted by atomic mass is 9.71. The van der Waals surface area contributed by atoms with Crippen LogP contribution in [0.4, 0.5) is 8.78 Å². The standard InChI is InChI=1S/C27H27Cl2F2N3O5/c28-15-4-6-17(20(30)10-15)27(13-32,26(38,12-22(33)36)18-2-1-3-19(29)23(18)31)39-24(37)21-7-5-16(34-21)11-25(14-35)8-9-25/h1-4,6,10,16,21,34-35,38H,5,7-9,11-12,14H2,(H2,33,36)/t16?,21?,26-,27+/m0/s1. The lowest BCUT2D eigenvalue weighted by Gasteiger charge is -2.42. The fourth-order valence-corrected chi connectivity index (χ4v) is 5.64. The molecule has 2 aromatic carbocycles. The summed E-state index contributed by atoms with van der Waals surface area (Å²) in [5.74, 6) is -4.60. The Morgan fingerprint density at radius 2 is 1.92 bits per heavy atom. The molecule has 1 saturated carbocycles. The number of aliphatic hydroxyl groups is 2. The summed E-state index contributed by atoms with van der Waals surface area (Å²) in [6.07, 6.45) is 2.08. The molecule has 1 saturated heterocycles. The van der Waals surface area contributed by atoms with Crippen LogP contribution in [0.15, 0.2) is 36.4 Å². The van der Waals surface area contributed by atoms with Crippen molar-refractivity contribution in [3.8, 4) is 6.07 Å². The second kappa shape index (κ2) is 11.0. The van der Waals surface area contributed by atoms with Crippen LogP contribution in [0.2, 0.25) is 10.0 Å². The predicted molar refractivity (Wildman–Crippen MR) is 137 cm³/mol. The maximum absolute atomic E-state index is 15.4. The molecular formula is C27H27Cl2F2N3O5. The van der Waals surface area contributed by atoms with Gasteiger partial charge in [-0.3, -0.25) is 9.59 Å². The van der Waals surface area contributed by atoms with Gasteiger partial charge in [-0.25, -0.2) is 8.78 Å². The first kappa shape index (κ1) is 29.2. The number of carbonyl (C=O) groups excluding carboxylic acids is 2. The molecule has 4 atom stereocenters. The Morgan fingerprint density at radius 1 is 1.21 bits per heavy atom. The fourth-order valence-electron chi connectivity index (χ4n) is 5.31. The minimum Gasteiger partial charge on any atom is -0.434 e. The Bertz CT molecular complexity index is 1330. The number of aliphatic hydroxyl groups excluding tert-OH is 1. The highest BCUT2D eigenvalue weighted by molar-refractivity contribution is 6.31. The first-order chi connectivity index (χ1) is 18.4. The van der Waals surface area contributed by atoms with Crippen LogP contribution in [-0.4, -0.2) is 40.8 Å². The minimum atomic E-state index is -3.01. The van der Waals surface area contributed by atoms with E-state index in [0.29, 0.717) is 12.8 Å². The number of nitrogens with zero attached hydrogens (tertiary/aromatic N) is 1. The van der Waals surface area contributed by atoms with Crippen LogP contribution >= 0.6 is 23.2 Å². The van der Waals surface area contributed by atoms with Crippen LogP contribution < -0.4 is 11.1 Å². The Kier molecular flexibility index (Phi) is 8.22. The molecule has 5 N–H and O–H groups in total. The van der Waals surface area contributed by atoms with Gasteiger partial charge in [-0.15, -0.1) is 0 Å². The maximum atomic E-state index is 15.4. The molecule has 208 valence electrons. The highest BCUT2D eigenvalue weighted by Gasteiger charge is 2.61. The van der Waals surface area contributed by atoms with E-state index in [1.807, 2.05) is 0 Å². The first-order valence-corrected chi connectivity index (χ1v) is 13.1. The molecule has 4 rings (SSSR count). The zero-order valence-electron chi connectivity index (χ0n) is 20.7. The van der Waals surface area contributed by atoms with E-state index in [1.54, 1.807) is 6.07 Å². The molecule has 1 heterocycles. The summed E-state index contributed by atoms with van der Waals surface area (Å²) in [6.45, 7) is 0.0268. The molecule has 2 fully saturated rings. The molecule has 12 heteroatoms. The first-order valence-electron chi connectivity index (χ1n) is 12.3. The summed E-state index contributed by atoms with van der Waals surface area (Å²) in [4.78, 5) is 25.7. The summed E-state index contributed by atoms with van der Waals surface area (Å²) in [6, 6.07) is 7.01. The van der Waals surface area contributed by atoms with Gasteiger partial charge in [0.05, 0.1) is 11.4 Å². The topological polar surface area (TPSA) is 146 Å². The smallest absolute Gasteiger partial charge is 0.325 e. The maximum Gasteiger partial charge on any atom is 0.325 e. The number of primary amides is 1. The number of halogens is 4. The van der Waals surface area contributed by atoms with Crippen molar-refractivity contribution in [3.63, 3.8) is 0 Å². The fraction of sp³-hybridized carbons (Fsp3) is 0.444. The average Bonchev–Trinajstić information content (AvgIpc) is 3.50. The van der Waals surface area contributed by atoms with Crippen LogP contribution in [0.25, 0.3) is 0 Å². The number of carbonyl (C=O) groups is 2. The van der Waals surface area contributed by atoms with E-state index in [2.05, 4.69) is 5.32 Å². The number of rotatable bonds is 10. The number of hydrogen-bond acceptors (Lipinski definition) is 7. The Balaban J connectivity index is 1.81. The summed E-state index contributed by atoms with van der Waals surface area (Å²) < 4.78 is 36.4. The van der Waals surface area contributed by atoms with Gasteiger partial charge in [-0.2, -0.15) is 5.26 Å². The van der Waals surface area contributed by atoms with E-state index in [1.165, 1.54) is 12.1 Å². The molecule has 8 nitrogen and oxygen atoms in total. The molecule has 1 aliphatic heterocycles. The van der Waals surface area contributed by atoms with E-state index in [4.69, 9.17) is 33.7 Å². The lowest BCUT2D eigenvalue weighted by Crippen LogP contribution is -2.55. The Labute approximate surface area is 233 Å². The van der Waals surface area contributed by atoms with E-state index in [9.17, 15) is 25.1 Å². The second-order valence-corrected chi connectivity index (χ2v) is 11.1. The van der Waals surface area contributed by atoms with Crippen LogP contribution in [-0.2, 0) is 25.5 Å². The summed E-state index contributed by atoms with van der Waals surface area (Å²) in [5.41, 5.74) is -2.18. The van der Waals surface area contributed by atoms with Crippen molar-refractivity contribution in [2.75, 3.05) is 6.61 Å². The predicted octanol–water partition coefficient (Wildman–Crippen LogP) is 3.58. The number of benzene rings is 2. The number of ether oxygens (including phenoxy) is 1. The highest BCUT2D eigenvalue weighted by Crippen LogP contribution is 2.51. The minimum absolute atomic E-state index is 0.0268. The molecular weight excluding hydrogens is 555 g/mol. The summed E-state index contributed by atoms with van der Waals surface area (Å²) in [5, 5.41) is 34.7. The van der Waals surface area contributed by atoms with E-state index >= 15 is 8.78 Å². The monoisotopic (exact) mass is 581 g/mol. The number of nitriles is 1. The van der Waals surface area contributed by atoms with Gasteiger partial charge in [-0.1, -0.05) is 35.3 Å².